The second-order valence-electron chi connectivity index (χ2n) is 6.54. The van der Waals surface area contributed by atoms with Crippen molar-refractivity contribution in [3.63, 3.8) is 0 Å². The van der Waals surface area contributed by atoms with Crippen LogP contribution in [0.4, 0.5) is 5.69 Å². The van der Waals surface area contributed by atoms with Crippen molar-refractivity contribution < 1.29 is 14.3 Å². The van der Waals surface area contributed by atoms with Gasteiger partial charge in [0.25, 0.3) is 11.8 Å². The van der Waals surface area contributed by atoms with Gasteiger partial charge in [-0.05, 0) is 48.4 Å². The second kappa shape index (κ2) is 9.55. The van der Waals surface area contributed by atoms with E-state index >= 15 is 0 Å². The number of hydrogen-bond acceptors (Lipinski definition) is 3. The SMILES string of the molecule is CCc1ccccc1NC(=O)c1ccc(C(=O)NCc2ccccc2OC)cc1. The van der Waals surface area contributed by atoms with Gasteiger partial charge in [0.15, 0.2) is 0 Å². The molecule has 0 unspecified atom stereocenters. The number of nitrogens with one attached hydrogen (secondary N) is 2. The van der Waals surface area contributed by atoms with E-state index in [-0.39, 0.29) is 11.8 Å². The number of aryl methyl sites for hydroxylation is 1. The summed E-state index contributed by atoms with van der Waals surface area (Å²) in [6.07, 6.45) is 0.835. The summed E-state index contributed by atoms with van der Waals surface area (Å²) in [6.45, 7) is 2.41. The molecule has 0 saturated carbocycles. The van der Waals surface area contributed by atoms with Gasteiger partial charge in [0, 0.05) is 28.9 Å². The highest BCUT2D eigenvalue weighted by Gasteiger charge is 2.11. The van der Waals surface area contributed by atoms with Gasteiger partial charge in [-0.15, -0.1) is 0 Å². The Hall–Kier alpha value is -3.60. The van der Waals surface area contributed by atoms with Gasteiger partial charge in [0.1, 0.15) is 5.75 Å². The molecular weight excluding hydrogens is 364 g/mol. The van der Waals surface area contributed by atoms with Crippen molar-refractivity contribution in [2.24, 2.45) is 0 Å². The molecule has 0 spiro atoms. The summed E-state index contributed by atoms with van der Waals surface area (Å²) in [5.74, 6) is 0.318. The van der Waals surface area contributed by atoms with E-state index < -0.39 is 0 Å². The van der Waals surface area contributed by atoms with Crippen LogP contribution in [0, 0.1) is 0 Å². The average Bonchev–Trinajstić information content (AvgIpc) is 2.78. The number of rotatable bonds is 7. The standard InChI is InChI=1S/C24H24N2O3/c1-3-17-8-4-6-10-21(17)26-24(28)19-14-12-18(13-15-19)23(27)25-16-20-9-5-7-11-22(20)29-2/h4-15H,3,16H2,1-2H3,(H,25,27)(H,26,28). The normalized spacial score (nSPS) is 10.3. The first-order chi connectivity index (χ1) is 14.1. The van der Waals surface area contributed by atoms with Gasteiger partial charge >= 0.3 is 0 Å². The number of anilines is 1. The van der Waals surface area contributed by atoms with Crippen molar-refractivity contribution in [3.8, 4) is 5.75 Å². The van der Waals surface area contributed by atoms with Gasteiger partial charge in [0.2, 0.25) is 0 Å². The minimum atomic E-state index is -0.209. The molecule has 0 aromatic heterocycles. The van der Waals surface area contributed by atoms with E-state index in [4.69, 9.17) is 4.74 Å². The lowest BCUT2D eigenvalue weighted by Crippen LogP contribution is -2.23. The van der Waals surface area contributed by atoms with Crippen LogP contribution in [0.25, 0.3) is 0 Å². The Morgan fingerprint density at radius 1 is 0.793 bits per heavy atom. The Bertz CT molecular complexity index is 997. The molecule has 0 radical (unpaired) electrons. The Morgan fingerprint density at radius 2 is 1.38 bits per heavy atom. The monoisotopic (exact) mass is 388 g/mol. The number of benzene rings is 3. The van der Waals surface area contributed by atoms with Crippen LogP contribution in [0.15, 0.2) is 72.8 Å². The molecule has 0 heterocycles. The summed E-state index contributed by atoms with van der Waals surface area (Å²) >= 11 is 0. The highest BCUT2D eigenvalue weighted by atomic mass is 16.5. The van der Waals surface area contributed by atoms with Crippen molar-refractivity contribution in [2.45, 2.75) is 19.9 Å². The van der Waals surface area contributed by atoms with Gasteiger partial charge in [0.05, 0.1) is 7.11 Å². The zero-order chi connectivity index (χ0) is 20.6. The molecule has 5 nitrogen and oxygen atoms in total. The summed E-state index contributed by atoms with van der Waals surface area (Å²) in [6, 6.07) is 21.9. The maximum Gasteiger partial charge on any atom is 0.255 e. The maximum atomic E-state index is 12.5. The van der Waals surface area contributed by atoms with Gasteiger partial charge in [-0.1, -0.05) is 43.3 Å². The van der Waals surface area contributed by atoms with Crippen molar-refractivity contribution in [1.29, 1.82) is 0 Å². The van der Waals surface area contributed by atoms with Crippen LogP contribution >= 0.6 is 0 Å². The number of ether oxygens (including phenoxy) is 1. The summed E-state index contributed by atoms with van der Waals surface area (Å²) in [5.41, 5.74) is 3.77. The molecule has 0 fully saturated rings. The lowest BCUT2D eigenvalue weighted by Gasteiger charge is -2.11. The van der Waals surface area contributed by atoms with Crippen molar-refractivity contribution in [2.75, 3.05) is 12.4 Å². The lowest BCUT2D eigenvalue weighted by molar-refractivity contribution is 0.0949. The van der Waals surface area contributed by atoms with Crippen LogP contribution in [-0.2, 0) is 13.0 Å². The third kappa shape index (κ3) is 5.02. The number of methoxy groups -OCH3 is 1. The predicted molar refractivity (Wildman–Crippen MR) is 114 cm³/mol. The molecule has 0 saturated heterocycles. The Labute approximate surface area is 170 Å². The van der Waals surface area contributed by atoms with E-state index in [0.717, 1.165) is 29.0 Å². The highest BCUT2D eigenvalue weighted by molar-refractivity contribution is 6.05. The smallest absolute Gasteiger partial charge is 0.255 e. The Balaban J connectivity index is 1.63. The van der Waals surface area contributed by atoms with E-state index in [9.17, 15) is 9.59 Å². The number of amides is 2. The van der Waals surface area contributed by atoms with Crippen LogP contribution in [0.2, 0.25) is 0 Å². The maximum absolute atomic E-state index is 12.5. The minimum Gasteiger partial charge on any atom is -0.496 e. The summed E-state index contributed by atoms with van der Waals surface area (Å²) in [7, 11) is 1.60. The number of carbonyl (C=O) groups excluding carboxylic acids is 2. The van der Waals surface area contributed by atoms with Gasteiger partial charge < -0.3 is 15.4 Å². The van der Waals surface area contributed by atoms with Crippen LogP contribution in [0.1, 0.15) is 38.8 Å². The third-order valence-electron chi connectivity index (χ3n) is 4.69. The largest absolute Gasteiger partial charge is 0.496 e. The average molecular weight is 388 g/mol. The fourth-order valence-electron chi connectivity index (χ4n) is 3.04. The molecule has 29 heavy (non-hydrogen) atoms. The second-order valence-corrected chi connectivity index (χ2v) is 6.54. The minimum absolute atomic E-state index is 0.202. The summed E-state index contributed by atoms with van der Waals surface area (Å²) in [4.78, 5) is 24.9. The first-order valence-electron chi connectivity index (χ1n) is 9.51. The molecule has 3 aromatic rings. The fourth-order valence-corrected chi connectivity index (χ4v) is 3.04. The van der Waals surface area contributed by atoms with Crippen molar-refractivity contribution >= 4 is 17.5 Å². The molecule has 0 aliphatic carbocycles. The molecule has 0 aliphatic heterocycles. The molecule has 3 aromatic carbocycles. The van der Waals surface area contributed by atoms with E-state index in [1.807, 2.05) is 55.5 Å². The van der Waals surface area contributed by atoms with Crippen LogP contribution < -0.4 is 15.4 Å². The van der Waals surface area contributed by atoms with Gasteiger partial charge in [-0.25, -0.2) is 0 Å². The molecule has 0 aliphatic rings. The Kier molecular flexibility index (Phi) is 6.63. The van der Waals surface area contributed by atoms with Crippen molar-refractivity contribution in [1.82, 2.24) is 5.32 Å². The molecule has 2 amide bonds. The first-order valence-corrected chi connectivity index (χ1v) is 9.51. The first kappa shape index (κ1) is 20.1. The van der Waals surface area contributed by atoms with E-state index in [1.165, 1.54) is 0 Å². The zero-order valence-electron chi connectivity index (χ0n) is 16.6. The van der Waals surface area contributed by atoms with E-state index in [1.54, 1.807) is 31.4 Å². The number of carbonyl (C=O) groups is 2. The molecule has 0 atom stereocenters. The molecule has 0 bridgehead atoms. The molecule has 148 valence electrons. The fraction of sp³-hybridized carbons (Fsp3) is 0.167. The van der Waals surface area contributed by atoms with E-state index in [0.29, 0.717) is 17.7 Å². The number of para-hydroxylation sites is 2. The molecule has 5 heteroatoms. The summed E-state index contributed by atoms with van der Waals surface area (Å²) < 4.78 is 5.29. The molecule has 2 N–H and O–H groups in total. The lowest BCUT2D eigenvalue weighted by atomic mass is 10.1. The molecule has 3 rings (SSSR count). The van der Waals surface area contributed by atoms with Gasteiger partial charge in [-0.2, -0.15) is 0 Å². The van der Waals surface area contributed by atoms with Gasteiger partial charge in [-0.3, -0.25) is 9.59 Å². The van der Waals surface area contributed by atoms with Crippen molar-refractivity contribution in [3.05, 3.63) is 95.1 Å². The quantitative estimate of drug-likeness (QED) is 0.629. The third-order valence-corrected chi connectivity index (χ3v) is 4.69. The summed E-state index contributed by atoms with van der Waals surface area (Å²) in [5, 5.41) is 5.81. The van der Waals surface area contributed by atoms with Crippen LogP contribution in [0.3, 0.4) is 0 Å². The number of hydrogen-bond donors (Lipinski definition) is 2. The topological polar surface area (TPSA) is 67.4 Å². The van der Waals surface area contributed by atoms with Crippen LogP contribution in [-0.4, -0.2) is 18.9 Å². The predicted octanol–water partition coefficient (Wildman–Crippen LogP) is 4.44. The zero-order valence-corrected chi connectivity index (χ0v) is 16.6. The highest BCUT2D eigenvalue weighted by Crippen LogP contribution is 2.18. The van der Waals surface area contributed by atoms with E-state index in [2.05, 4.69) is 10.6 Å². The van der Waals surface area contributed by atoms with Crippen LogP contribution in [0.5, 0.6) is 5.75 Å². The molecular formula is C24H24N2O3. The Morgan fingerprint density at radius 3 is 2.03 bits per heavy atom.